The summed E-state index contributed by atoms with van der Waals surface area (Å²) in [4.78, 5) is 0. The lowest BCUT2D eigenvalue weighted by atomic mass is 10.1. The number of para-hydroxylation sites is 1. The van der Waals surface area contributed by atoms with Crippen LogP contribution in [0.5, 0.6) is 0 Å². The molecule has 102 valence electrons. The van der Waals surface area contributed by atoms with E-state index in [1.54, 1.807) is 0 Å². The van der Waals surface area contributed by atoms with Crippen LogP contribution in [0.4, 0.5) is 17.6 Å². The molecule has 7 heteroatoms. The van der Waals surface area contributed by atoms with Gasteiger partial charge >= 0.3 is 6.18 Å². The summed E-state index contributed by atoms with van der Waals surface area (Å²) in [7, 11) is 0. The molecule has 1 heterocycles. The van der Waals surface area contributed by atoms with E-state index in [1.165, 1.54) is 19.1 Å². The van der Waals surface area contributed by atoms with Crippen molar-refractivity contribution in [2.24, 2.45) is 0 Å². The Morgan fingerprint density at radius 2 is 2.00 bits per heavy atom. The highest BCUT2D eigenvalue weighted by Crippen LogP contribution is 2.30. The summed E-state index contributed by atoms with van der Waals surface area (Å²) in [6.07, 6.45) is -4.28. The number of benzene rings is 1. The normalized spacial score (nSPS) is 13.6. The number of alkyl halides is 3. The first-order valence-corrected chi connectivity index (χ1v) is 5.39. The Morgan fingerprint density at radius 3 is 2.53 bits per heavy atom. The summed E-state index contributed by atoms with van der Waals surface area (Å²) in [6.45, 7) is 1.40. The highest BCUT2D eigenvalue weighted by molar-refractivity contribution is 5.43. The van der Waals surface area contributed by atoms with Crippen LogP contribution in [0.15, 0.2) is 30.6 Å². The summed E-state index contributed by atoms with van der Waals surface area (Å²) in [5.74, 6) is -0.754. The molecule has 1 unspecified atom stereocenters. The number of hydrogen-bond donors (Lipinski definition) is 1. The third kappa shape index (κ3) is 2.60. The van der Waals surface area contributed by atoms with E-state index in [9.17, 15) is 22.7 Å². The molecule has 0 saturated carbocycles. The van der Waals surface area contributed by atoms with Crippen molar-refractivity contribution < 1.29 is 22.7 Å². The van der Waals surface area contributed by atoms with E-state index in [2.05, 4.69) is 5.10 Å². The van der Waals surface area contributed by atoms with E-state index >= 15 is 0 Å². The van der Waals surface area contributed by atoms with Gasteiger partial charge in [0.05, 0.1) is 17.9 Å². The Kier molecular flexibility index (Phi) is 3.32. The Hall–Kier alpha value is -1.89. The molecule has 0 bridgehead atoms. The maximum atomic E-state index is 13.7. The van der Waals surface area contributed by atoms with Gasteiger partial charge in [-0.2, -0.15) is 18.3 Å². The summed E-state index contributed by atoms with van der Waals surface area (Å²) < 4.78 is 52.0. The maximum absolute atomic E-state index is 13.7. The predicted octanol–water partition coefficient (Wildman–Crippen LogP) is 3.08. The first-order valence-electron chi connectivity index (χ1n) is 5.39. The highest BCUT2D eigenvalue weighted by atomic mass is 19.4. The quantitative estimate of drug-likeness (QED) is 0.855. The van der Waals surface area contributed by atoms with Crippen LogP contribution >= 0.6 is 0 Å². The summed E-state index contributed by atoms with van der Waals surface area (Å²) in [5, 5.41) is 13.0. The van der Waals surface area contributed by atoms with Crippen molar-refractivity contribution in [2.75, 3.05) is 0 Å². The van der Waals surface area contributed by atoms with Gasteiger partial charge in [-0.05, 0) is 13.0 Å². The van der Waals surface area contributed by atoms with Crippen LogP contribution < -0.4 is 0 Å². The first kappa shape index (κ1) is 13.5. The van der Waals surface area contributed by atoms with E-state index < -0.39 is 23.7 Å². The average molecular weight is 274 g/mol. The average Bonchev–Trinajstić information content (AvgIpc) is 2.77. The fourth-order valence-electron chi connectivity index (χ4n) is 1.70. The van der Waals surface area contributed by atoms with Gasteiger partial charge in [0.15, 0.2) is 0 Å². The molecule has 0 aliphatic heterocycles. The number of aliphatic hydroxyl groups excluding tert-OH is 1. The van der Waals surface area contributed by atoms with Crippen molar-refractivity contribution in [2.45, 2.75) is 19.2 Å². The second-order valence-corrected chi connectivity index (χ2v) is 4.02. The minimum atomic E-state index is -4.55. The molecule has 0 aliphatic rings. The van der Waals surface area contributed by atoms with E-state index in [1.807, 2.05) is 0 Å². The minimum Gasteiger partial charge on any atom is -0.389 e. The summed E-state index contributed by atoms with van der Waals surface area (Å²) >= 11 is 0. The molecule has 0 amide bonds. The summed E-state index contributed by atoms with van der Waals surface area (Å²) in [6, 6.07) is 3.89. The second-order valence-electron chi connectivity index (χ2n) is 4.02. The van der Waals surface area contributed by atoms with Gasteiger partial charge in [-0.3, -0.25) is 0 Å². The zero-order valence-electron chi connectivity index (χ0n) is 9.82. The third-order valence-corrected chi connectivity index (χ3v) is 2.61. The lowest BCUT2D eigenvalue weighted by Crippen LogP contribution is -2.07. The number of nitrogens with zero attached hydrogens (tertiary/aromatic N) is 2. The van der Waals surface area contributed by atoms with Crippen LogP contribution in [0.2, 0.25) is 0 Å². The van der Waals surface area contributed by atoms with Gasteiger partial charge in [-0.15, -0.1) is 0 Å². The fourth-order valence-corrected chi connectivity index (χ4v) is 1.70. The van der Waals surface area contributed by atoms with Crippen molar-refractivity contribution in [3.8, 4) is 5.69 Å². The molecule has 2 rings (SSSR count). The molecule has 1 N–H and O–H groups in total. The number of hydrogen-bond acceptors (Lipinski definition) is 2. The highest BCUT2D eigenvalue weighted by Gasteiger charge is 2.32. The van der Waals surface area contributed by atoms with Gasteiger partial charge in [-0.1, -0.05) is 12.1 Å². The van der Waals surface area contributed by atoms with Crippen molar-refractivity contribution in [3.63, 3.8) is 0 Å². The molecule has 1 aromatic heterocycles. The Labute approximate surface area is 106 Å². The van der Waals surface area contributed by atoms with Crippen molar-refractivity contribution in [1.82, 2.24) is 9.78 Å². The van der Waals surface area contributed by atoms with E-state index in [0.29, 0.717) is 12.4 Å². The number of aromatic nitrogens is 2. The first-order chi connectivity index (χ1) is 8.80. The third-order valence-electron chi connectivity index (χ3n) is 2.61. The molecular weight excluding hydrogens is 264 g/mol. The molecule has 1 atom stereocenters. The van der Waals surface area contributed by atoms with Gasteiger partial charge in [0, 0.05) is 11.8 Å². The van der Waals surface area contributed by atoms with E-state index in [4.69, 9.17) is 0 Å². The van der Waals surface area contributed by atoms with Crippen LogP contribution in [0.3, 0.4) is 0 Å². The van der Waals surface area contributed by atoms with Crippen molar-refractivity contribution in [3.05, 3.63) is 47.5 Å². The predicted molar refractivity (Wildman–Crippen MR) is 59.2 cm³/mol. The molecule has 3 nitrogen and oxygen atoms in total. The largest absolute Gasteiger partial charge is 0.419 e. The van der Waals surface area contributed by atoms with Gasteiger partial charge in [0.1, 0.15) is 11.5 Å². The summed E-state index contributed by atoms with van der Waals surface area (Å²) in [5.41, 5.74) is -1.00. The monoisotopic (exact) mass is 274 g/mol. The Balaban J connectivity index is 2.56. The zero-order valence-corrected chi connectivity index (χ0v) is 9.82. The molecule has 19 heavy (non-hydrogen) atoms. The molecule has 1 aromatic carbocycles. The van der Waals surface area contributed by atoms with Crippen LogP contribution in [-0.2, 0) is 6.18 Å². The number of aliphatic hydroxyl groups is 1. The number of halogens is 4. The lowest BCUT2D eigenvalue weighted by Gasteiger charge is -2.12. The topological polar surface area (TPSA) is 38.0 Å². The van der Waals surface area contributed by atoms with Gasteiger partial charge in [-0.25, -0.2) is 9.07 Å². The van der Waals surface area contributed by atoms with Crippen LogP contribution in [0, 0.1) is 5.82 Å². The SMILES string of the molecule is CC(O)c1cccc(F)c1-n1cc(C(F)(F)F)cn1. The molecule has 0 spiro atoms. The van der Waals surface area contributed by atoms with Crippen LogP contribution in [-0.4, -0.2) is 14.9 Å². The van der Waals surface area contributed by atoms with Gasteiger partial charge < -0.3 is 5.11 Å². The molecule has 0 fully saturated rings. The molecule has 0 aliphatic carbocycles. The zero-order chi connectivity index (χ0) is 14.2. The smallest absolute Gasteiger partial charge is 0.389 e. The molecule has 0 radical (unpaired) electrons. The molecule has 2 aromatic rings. The van der Waals surface area contributed by atoms with E-state index in [-0.39, 0.29) is 11.3 Å². The van der Waals surface area contributed by atoms with Crippen molar-refractivity contribution in [1.29, 1.82) is 0 Å². The fraction of sp³-hybridized carbons (Fsp3) is 0.250. The molecule has 0 saturated heterocycles. The van der Waals surface area contributed by atoms with Gasteiger partial charge in [0.2, 0.25) is 0 Å². The van der Waals surface area contributed by atoms with Crippen LogP contribution in [0.1, 0.15) is 24.2 Å². The van der Waals surface area contributed by atoms with Crippen LogP contribution in [0.25, 0.3) is 5.69 Å². The second kappa shape index (κ2) is 4.65. The van der Waals surface area contributed by atoms with E-state index in [0.717, 1.165) is 10.7 Å². The minimum absolute atomic E-state index is 0.164. The molecular formula is C12H10F4N2O. The standard InChI is InChI=1S/C12H10F4N2O/c1-7(19)9-3-2-4-10(13)11(9)18-6-8(5-17-18)12(14,15)16/h2-7,19H,1H3. The van der Waals surface area contributed by atoms with Gasteiger partial charge in [0.25, 0.3) is 0 Å². The Morgan fingerprint density at radius 1 is 1.32 bits per heavy atom. The lowest BCUT2D eigenvalue weighted by molar-refractivity contribution is -0.137. The van der Waals surface area contributed by atoms with Crippen molar-refractivity contribution >= 4 is 0 Å². The maximum Gasteiger partial charge on any atom is 0.419 e. The number of rotatable bonds is 2. The Bertz CT molecular complexity index is 590.